The maximum Gasteiger partial charge on any atom is 0.132 e. The van der Waals surface area contributed by atoms with Crippen LogP contribution >= 0.6 is 45.2 Å². The van der Waals surface area contributed by atoms with Gasteiger partial charge in [-0.2, -0.15) is 0 Å². The van der Waals surface area contributed by atoms with E-state index in [0.717, 1.165) is 18.4 Å². The molecule has 0 fully saturated rings. The topological polar surface area (TPSA) is 22.0 Å². The van der Waals surface area contributed by atoms with Gasteiger partial charge < -0.3 is 0 Å². The molecular weight excluding hydrogens is 599 g/mol. The first-order valence-electron chi connectivity index (χ1n) is 8.35. The van der Waals surface area contributed by atoms with Crippen LogP contribution in [0.4, 0.5) is 4.39 Å². The summed E-state index contributed by atoms with van der Waals surface area (Å²) in [5, 5.41) is 0. The van der Waals surface area contributed by atoms with Gasteiger partial charge in [-0.05, 0) is 93.9 Å². The molecule has 0 aliphatic heterocycles. The van der Waals surface area contributed by atoms with Crippen LogP contribution in [0, 0.1) is 19.9 Å². The third-order valence-corrected chi connectivity index (χ3v) is 7.95. The van der Waals surface area contributed by atoms with Crippen LogP contribution in [0.5, 0.6) is 0 Å². The molecule has 0 bridgehead atoms. The Morgan fingerprint density at radius 3 is 2.46 bits per heavy atom. The van der Waals surface area contributed by atoms with Crippen LogP contribution in [0.3, 0.4) is 0 Å². The molecule has 1 unspecified atom stereocenters. The highest BCUT2D eigenvalue weighted by Crippen LogP contribution is 2.30. The second-order valence-corrected chi connectivity index (χ2v) is 10.7. The predicted molar refractivity (Wildman–Crippen MR) is 134 cm³/mol. The first kappa shape index (κ1) is 21.3. The molecule has 3 aromatic rings. The van der Waals surface area contributed by atoms with Crippen LogP contribution in [-0.4, -0.2) is 14.1 Å². The van der Waals surface area contributed by atoms with Gasteiger partial charge in [0.1, 0.15) is 5.82 Å². The number of halogens is 3. The zero-order valence-corrected chi connectivity index (χ0v) is 20.3. The molecule has 1 aromatic heterocycles. The predicted octanol–water partition coefficient (Wildman–Crippen LogP) is 6.41. The smallest absolute Gasteiger partial charge is 0.132 e. The van der Waals surface area contributed by atoms with Gasteiger partial charge in [0.25, 0.3) is 0 Å². The third-order valence-electron chi connectivity index (χ3n) is 4.40. The molecule has 0 spiro atoms. The molecule has 0 saturated heterocycles. The highest BCUT2D eigenvalue weighted by molar-refractivity contribution is 14.1. The molecule has 2 nitrogen and oxygen atoms in total. The van der Waals surface area contributed by atoms with Gasteiger partial charge in [-0.1, -0.05) is 36.9 Å². The molecule has 2 aromatic carbocycles. The Hall–Kier alpha value is -1.39. The fraction of sp³-hybridized carbons (Fsp3) is 0.0455. The standard InChI is InChI=1S/C22H18FI2NOS/c1-4-16(19-11-10-17(24)13-21(19)23)12-20-15(2)26(14-22(20)25)28(3,27)18-8-6-5-7-9-18/h4-14H,1,3H2,2H3/b16-12+. The molecule has 6 heteroatoms. The zero-order valence-electron chi connectivity index (χ0n) is 15.2. The Morgan fingerprint density at radius 1 is 1.18 bits per heavy atom. The van der Waals surface area contributed by atoms with Crippen LogP contribution in [0.2, 0.25) is 0 Å². The molecule has 0 amide bonds. The average molecular weight is 617 g/mol. The van der Waals surface area contributed by atoms with Gasteiger partial charge in [0.15, 0.2) is 0 Å². The lowest BCUT2D eigenvalue weighted by Crippen LogP contribution is -2.13. The van der Waals surface area contributed by atoms with Crippen LogP contribution in [-0.2, 0) is 9.71 Å². The lowest BCUT2D eigenvalue weighted by atomic mass is 10.0. The highest BCUT2D eigenvalue weighted by atomic mass is 127. The number of nitrogens with zero attached hydrogens (tertiary/aromatic N) is 1. The Balaban J connectivity index is 2.14. The normalized spacial score (nSPS) is 13.9. The highest BCUT2D eigenvalue weighted by Gasteiger charge is 2.18. The third kappa shape index (κ3) is 4.13. The molecule has 144 valence electrons. The lowest BCUT2D eigenvalue weighted by Gasteiger charge is -2.14. The molecular formula is C22H18FI2NOS. The van der Waals surface area contributed by atoms with Crippen LogP contribution in [0.15, 0.2) is 72.3 Å². The van der Waals surface area contributed by atoms with Crippen molar-refractivity contribution in [3.8, 4) is 0 Å². The molecule has 0 radical (unpaired) electrons. The number of hydrogen-bond donors (Lipinski definition) is 0. The lowest BCUT2D eigenvalue weighted by molar-refractivity contribution is 0.623. The van der Waals surface area contributed by atoms with E-state index in [1.807, 2.05) is 55.6 Å². The summed E-state index contributed by atoms with van der Waals surface area (Å²) < 4.78 is 31.3. The van der Waals surface area contributed by atoms with Gasteiger partial charge in [-0.15, -0.1) is 0 Å². The van der Waals surface area contributed by atoms with Crippen LogP contribution < -0.4 is 0 Å². The zero-order chi connectivity index (χ0) is 20.5. The minimum atomic E-state index is -2.71. The number of rotatable bonds is 5. The fourth-order valence-electron chi connectivity index (χ4n) is 2.91. The van der Waals surface area contributed by atoms with E-state index in [1.165, 1.54) is 6.07 Å². The van der Waals surface area contributed by atoms with E-state index in [2.05, 4.69) is 57.6 Å². The number of benzene rings is 2. The molecule has 3 rings (SSSR count). The minimum absolute atomic E-state index is 0.296. The van der Waals surface area contributed by atoms with E-state index in [0.29, 0.717) is 16.0 Å². The molecule has 0 aliphatic carbocycles. The molecule has 1 heterocycles. The summed E-state index contributed by atoms with van der Waals surface area (Å²) in [5.41, 5.74) is 2.83. The van der Waals surface area contributed by atoms with Gasteiger partial charge in [0.2, 0.25) is 0 Å². The summed E-state index contributed by atoms with van der Waals surface area (Å²) in [7, 11) is -2.71. The summed E-state index contributed by atoms with van der Waals surface area (Å²) >= 11 is 4.28. The van der Waals surface area contributed by atoms with Crippen molar-refractivity contribution in [1.29, 1.82) is 0 Å². The summed E-state index contributed by atoms with van der Waals surface area (Å²) in [6.07, 6.45) is 5.35. The van der Waals surface area contributed by atoms with E-state index in [9.17, 15) is 8.60 Å². The fourth-order valence-corrected chi connectivity index (χ4v) is 6.01. The van der Waals surface area contributed by atoms with Crippen LogP contribution in [0.1, 0.15) is 16.8 Å². The summed E-state index contributed by atoms with van der Waals surface area (Å²) in [6.45, 7) is 5.74. The van der Waals surface area contributed by atoms with Crippen molar-refractivity contribution in [3.05, 3.63) is 97.2 Å². The van der Waals surface area contributed by atoms with Crippen molar-refractivity contribution in [1.82, 2.24) is 3.97 Å². The minimum Gasteiger partial charge on any atom is -0.274 e. The first-order valence-corrected chi connectivity index (χ1v) is 12.2. The maximum atomic E-state index is 14.5. The quantitative estimate of drug-likeness (QED) is 0.184. The number of allylic oxidation sites excluding steroid dienone is 2. The SMILES string of the molecule is C=C/C(=C\c1c(I)cn(S(=C)(=O)c2ccccc2)c1C)c1ccc(I)cc1F. The van der Waals surface area contributed by atoms with Crippen LogP contribution in [0.25, 0.3) is 11.6 Å². The molecule has 0 aliphatic rings. The van der Waals surface area contributed by atoms with E-state index in [4.69, 9.17) is 0 Å². The second kappa shape index (κ2) is 8.54. The summed E-state index contributed by atoms with van der Waals surface area (Å²) in [5.74, 6) is 3.70. The molecule has 1 atom stereocenters. The molecule has 0 N–H and O–H groups in total. The maximum absolute atomic E-state index is 14.5. The first-order chi connectivity index (χ1) is 13.3. The van der Waals surface area contributed by atoms with E-state index in [1.54, 1.807) is 16.1 Å². The Morgan fingerprint density at radius 2 is 1.86 bits per heavy atom. The number of aromatic nitrogens is 1. The Kier molecular flexibility index (Phi) is 6.51. The average Bonchev–Trinajstić information content (AvgIpc) is 2.96. The molecule has 28 heavy (non-hydrogen) atoms. The molecule has 0 saturated carbocycles. The van der Waals surface area contributed by atoms with Gasteiger partial charge >= 0.3 is 0 Å². The number of hydrogen-bond acceptors (Lipinski definition) is 1. The van der Waals surface area contributed by atoms with Crippen molar-refractivity contribution in [2.75, 3.05) is 0 Å². The second-order valence-electron chi connectivity index (χ2n) is 6.18. The van der Waals surface area contributed by atoms with Crippen molar-refractivity contribution in [2.45, 2.75) is 11.8 Å². The summed E-state index contributed by atoms with van der Waals surface area (Å²) in [4.78, 5) is 0.660. The van der Waals surface area contributed by atoms with Crippen molar-refractivity contribution < 1.29 is 8.60 Å². The van der Waals surface area contributed by atoms with Gasteiger partial charge in [-0.3, -0.25) is 3.97 Å². The van der Waals surface area contributed by atoms with Gasteiger partial charge in [-0.25, -0.2) is 8.60 Å². The van der Waals surface area contributed by atoms with Crippen molar-refractivity contribution in [2.24, 2.45) is 0 Å². The summed E-state index contributed by atoms with van der Waals surface area (Å²) in [6, 6.07) is 14.3. The Bertz CT molecular complexity index is 1180. The van der Waals surface area contributed by atoms with E-state index in [-0.39, 0.29) is 5.82 Å². The van der Waals surface area contributed by atoms with Crippen molar-refractivity contribution in [3.63, 3.8) is 0 Å². The van der Waals surface area contributed by atoms with Crippen molar-refractivity contribution >= 4 is 72.4 Å². The van der Waals surface area contributed by atoms with Gasteiger partial charge in [0, 0.05) is 35.1 Å². The monoisotopic (exact) mass is 617 g/mol. The Labute approximate surface area is 192 Å². The van der Waals surface area contributed by atoms with E-state index >= 15 is 0 Å². The largest absolute Gasteiger partial charge is 0.274 e. The van der Waals surface area contributed by atoms with E-state index < -0.39 is 9.71 Å². The van der Waals surface area contributed by atoms with Gasteiger partial charge in [0.05, 0.1) is 9.71 Å².